The SMILES string of the molecule is CC(NC(=O)c1cc(F)ccc1Br)c1nc2ccccc2[nH]1. The van der Waals surface area contributed by atoms with Crippen LogP contribution < -0.4 is 5.32 Å². The summed E-state index contributed by atoms with van der Waals surface area (Å²) >= 11 is 3.25. The standard InChI is InChI=1S/C16H13BrFN3O/c1-9(15-20-13-4-2-3-5-14(13)21-15)19-16(22)11-8-10(18)6-7-12(11)17/h2-9H,1H3,(H,19,22)(H,20,21). The average molecular weight is 362 g/mol. The van der Waals surface area contributed by atoms with Gasteiger partial charge in [0.2, 0.25) is 0 Å². The van der Waals surface area contributed by atoms with E-state index < -0.39 is 5.82 Å². The molecular formula is C16H13BrFN3O. The number of hydrogen-bond acceptors (Lipinski definition) is 2. The van der Waals surface area contributed by atoms with Gasteiger partial charge < -0.3 is 10.3 Å². The van der Waals surface area contributed by atoms with Gasteiger partial charge in [0.15, 0.2) is 0 Å². The van der Waals surface area contributed by atoms with Gasteiger partial charge >= 0.3 is 0 Å². The Balaban J connectivity index is 1.82. The molecule has 0 aliphatic rings. The Morgan fingerprint density at radius 3 is 2.86 bits per heavy atom. The van der Waals surface area contributed by atoms with Gasteiger partial charge in [-0.3, -0.25) is 4.79 Å². The highest BCUT2D eigenvalue weighted by molar-refractivity contribution is 9.10. The molecule has 2 aromatic carbocycles. The van der Waals surface area contributed by atoms with Crippen molar-refractivity contribution in [3.63, 3.8) is 0 Å². The van der Waals surface area contributed by atoms with Crippen LogP contribution >= 0.6 is 15.9 Å². The van der Waals surface area contributed by atoms with E-state index in [-0.39, 0.29) is 17.5 Å². The Hall–Kier alpha value is -2.21. The Kier molecular flexibility index (Phi) is 3.94. The first-order valence-electron chi connectivity index (χ1n) is 6.75. The summed E-state index contributed by atoms with van der Waals surface area (Å²) in [4.78, 5) is 19.9. The second kappa shape index (κ2) is 5.88. The maximum absolute atomic E-state index is 13.3. The molecule has 1 amide bonds. The lowest BCUT2D eigenvalue weighted by Gasteiger charge is -2.12. The molecule has 1 atom stereocenters. The minimum absolute atomic E-state index is 0.253. The average Bonchev–Trinajstić information content (AvgIpc) is 2.93. The number of nitrogens with one attached hydrogen (secondary N) is 2. The van der Waals surface area contributed by atoms with Crippen molar-refractivity contribution in [3.05, 3.63) is 64.1 Å². The highest BCUT2D eigenvalue weighted by Crippen LogP contribution is 2.20. The minimum atomic E-state index is -0.454. The third-order valence-electron chi connectivity index (χ3n) is 3.34. The number of H-pyrrole nitrogens is 1. The summed E-state index contributed by atoms with van der Waals surface area (Å²) in [7, 11) is 0. The van der Waals surface area contributed by atoms with Crippen LogP contribution in [-0.4, -0.2) is 15.9 Å². The summed E-state index contributed by atoms with van der Waals surface area (Å²) in [5.74, 6) is -0.161. The summed E-state index contributed by atoms with van der Waals surface area (Å²) in [5, 5.41) is 2.81. The number of carbonyl (C=O) groups excluding carboxylic acids is 1. The van der Waals surface area contributed by atoms with Gasteiger partial charge in [0.1, 0.15) is 11.6 Å². The molecule has 1 unspecified atom stereocenters. The third-order valence-corrected chi connectivity index (χ3v) is 4.03. The lowest BCUT2D eigenvalue weighted by atomic mass is 10.2. The number of nitrogens with zero attached hydrogens (tertiary/aromatic N) is 1. The largest absolute Gasteiger partial charge is 0.342 e. The number of hydrogen-bond donors (Lipinski definition) is 2. The molecule has 22 heavy (non-hydrogen) atoms. The molecule has 112 valence electrons. The van der Waals surface area contributed by atoms with Crippen LogP contribution in [0.3, 0.4) is 0 Å². The Morgan fingerprint density at radius 2 is 2.09 bits per heavy atom. The highest BCUT2D eigenvalue weighted by Gasteiger charge is 2.17. The number of fused-ring (bicyclic) bond motifs is 1. The van der Waals surface area contributed by atoms with Crippen LogP contribution in [0.15, 0.2) is 46.9 Å². The fourth-order valence-electron chi connectivity index (χ4n) is 2.19. The van der Waals surface area contributed by atoms with Gasteiger partial charge in [0, 0.05) is 4.47 Å². The zero-order chi connectivity index (χ0) is 15.7. The smallest absolute Gasteiger partial charge is 0.253 e. The number of imidazole rings is 1. The molecule has 0 spiro atoms. The van der Waals surface area contributed by atoms with Crippen LogP contribution in [0.1, 0.15) is 29.1 Å². The maximum Gasteiger partial charge on any atom is 0.253 e. The number of aromatic nitrogens is 2. The van der Waals surface area contributed by atoms with Gasteiger partial charge in [0.05, 0.1) is 22.6 Å². The number of carbonyl (C=O) groups is 1. The molecule has 1 aromatic heterocycles. The first-order valence-corrected chi connectivity index (χ1v) is 7.54. The predicted molar refractivity (Wildman–Crippen MR) is 86.1 cm³/mol. The van der Waals surface area contributed by atoms with Crippen LogP contribution in [0.4, 0.5) is 4.39 Å². The third kappa shape index (κ3) is 2.87. The van der Waals surface area contributed by atoms with E-state index in [0.29, 0.717) is 10.3 Å². The van der Waals surface area contributed by atoms with E-state index in [1.165, 1.54) is 18.2 Å². The monoisotopic (exact) mass is 361 g/mol. The van der Waals surface area contributed by atoms with E-state index >= 15 is 0 Å². The molecule has 3 aromatic rings. The predicted octanol–water partition coefficient (Wildman–Crippen LogP) is 3.96. The number of halogens is 2. The molecule has 0 aliphatic heterocycles. The first kappa shape index (κ1) is 14.7. The summed E-state index contributed by atoms with van der Waals surface area (Å²) in [5.41, 5.74) is 2.00. The van der Waals surface area contributed by atoms with E-state index in [2.05, 4.69) is 31.2 Å². The van der Waals surface area contributed by atoms with Crippen molar-refractivity contribution in [1.29, 1.82) is 0 Å². The fraction of sp³-hybridized carbons (Fsp3) is 0.125. The summed E-state index contributed by atoms with van der Waals surface area (Å²) < 4.78 is 13.8. The Labute approximate surface area is 134 Å². The van der Waals surface area contributed by atoms with Crippen molar-refractivity contribution in [1.82, 2.24) is 15.3 Å². The van der Waals surface area contributed by atoms with Gasteiger partial charge in [-0.25, -0.2) is 9.37 Å². The Bertz CT molecular complexity index is 813. The van der Waals surface area contributed by atoms with E-state index in [4.69, 9.17) is 0 Å². The van der Waals surface area contributed by atoms with E-state index in [1.807, 2.05) is 31.2 Å². The normalized spacial score (nSPS) is 12.3. The van der Waals surface area contributed by atoms with Crippen LogP contribution in [0.25, 0.3) is 11.0 Å². The lowest BCUT2D eigenvalue weighted by Crippen LogP contribution is -2.27. The molecule has 0 radical (unpaired) electrons. The molecule has 3 rings (SSSR count). The topological polar surface area (TPSA) is 57.8 Å². The van der Waals surface area contributed by atoms with Crippen molar-refractivity contribution in [2.45, 2.75) is 13.0 Å². The van der Waals surface area contributed by atoms with Gasteiger partial charge in [-0.15, -0.1) is 0 Å². The molecule has 0 aliphatic carbocycles. The van der Waals surface area contributed by atoms with Crippen LogP contribution in [0.5, 0.6) is 0 Å². The van der Waals surface area contributed by atoms with Crippen molar-refractivity contribution in [3.8, 4) is 0 Å². The second-order valence-electron chi connectivity index (χ2n) is 4.96. The molecule has 4 nitrogen and oxygen atoms in total. The van der Waals surface area contributed by atoms with Crippen molar-refractivity contribution in [2.75, 3.05) is 0 Å². The molecule has 0 saturated heterocycles. The number of para-hydroxylation sites is 2. The quantitative estimate of drug-likeness (QED) is 0.741. The van der Waals surface area contributed by atoms with Gasteiger partial charge in [-0.1, -0.05) is 12.1 Å². The van der Waals surface area contributed by atoms with Crippen LogP contribution in [0.2, 0.25) is 0 Å². The number of amides is 1. The summed E-state index contributed by atoms with van der Waals surface area (Å²) in [6, 6.07) is 11.3. The maximum atomic E-state index is 13.3. The minimum Gasteiger partial charge on any atom is -0.342 e. The van der Waals surface area contributed by atoms with Gasteiger partial charge in [0.25, 0.3) is 5.91 Å². The molecule has 0 saturated carbocycles. The zero-order valence-electron chi connectivity index (χ0n) is 11.7. The van der Waals surface area contributed by atoms with Gasteiger partial charge in [-0.2, -0.15) is 0 Å². The summed E-state index contributed by atoms with van der Waals surface area (Å²) in [6.07, 6.45) is 0. The molecule has 1 heterocycles. The fourth-order valence-corrected chi connectivity index (χ4v) is 2.62. The molecule has 0 bridgehead atoms. The molecule has 6 heteroatoms. The van der Waals surface area contributed by atoms with E-state index in [1.54, 1.807) is 0 Å². The first-order chi connectivity index (χ1) is 10.5. The zero-order valence-corrected chi connectivity index (χ0v) is 13.3. The van der Waals surface area contributed by atoms with Crippen LogP contribution in [-0.2, 0) is 0 Å². The van der Waals surface area contributed by atoms with E-state index in [0.717, 1.165) is 11.0 Å². The lowest BCUT2D eigenvalue weighted by molar-refractivity contribution is 0.0937. The van der Waals surface area contributed by atoms with Crippen LogP contribution in [0, 0.1) is 5.82 Å². The van der Waals surface area contributed by atoms with Crippen molar-refractivity contribution < 1.29 is 9.18 Å². The molecule has 2 N–H and O–H groups in total. The molecular weight excluding hydrogens is 349 g/mol. The molecule has 0 fully saturated rings. The Morgan fingerprint density at radius 1 is 1.32 bits per heavy atom. The number of benzene rings is 2. The number of rotatable bonds is 3. The van der Waals surface area contributed by atoms with Gasteiger partial charge in [-0.05, 0) is 53.2 Å². The second-order valence-corrected chi connectivity index (χ2v) is 5.81. The highest BCUT2D eigenvalue weighted by atomic mass is 79.9. The van der Waals surface area contributed by atoms with Crippen molar-refractivity contribution >= 4 is 32.9 Å². The summed E-state index contributed by atoms with van der Waals surface area (Å²) in [6.45, 7) is 1.82. The van der Waals surface area contributed by atoms with E-state index in [9.17, 15) is 9.18 Å². The number of aromatic amines is 1. The van der Waals surface area contributed by atoms with Crippen molar-refractivity contribution in [2.24, 2.45) is 0 Å².